The molecule has 2 amide bonds. The fraction of sp³-hybridized carbons (Fsp3) is 0.818. The number of nitrogens with zero attached hydrogens (tertiary/aromatic N) is 1. The van der Waals surface area contributed by atoms with Crippen molar-refractivity contribution in [2.45, 2.75) is 38.2 Å². The molecule has 0 aromatic rings. The number of imide groups is 1. The fourth-order valence-corrected chi connectivity index (χ4v) is 2.23. The SMILES string of the molecule is CON1C(=O)CC(OCOCC[Si](C)(C)C)C1=O. The Bertz CT molecular complexity index is 315. The first-order chi connectivity index (χ1) is 8.35. The van der Waals surface area contributed by atoms with Crippen molar-refractivity contribution in [3.63, 3.8) is 0 Å². The maximum Gasteiger partial charge on any atom is 0.283 e. The predicted molar refractivity (Wildman–Crippen MR) is 67.3 cm³/mol. The number of carbonyl (C=O) groups is 2. The van der Waals surface area contributed by atoms with Gasteiger partial charge in [0.2, 0.25) is 0 Å². The van der Waals surface area contributed by atoms with Crippen molar-refractivity contribution < 1.29 is 23.9 Å². The fourth-order valence-electron chi connectivity index (χ4n) is 1.47. The van der Waals surface area contributed by atoms with Crippen LogP contribution in [0, 0.1) is 0 Å². The van der Waals surface area contributed by atoms with Crippen LogP contribution in [0.15, 0.2) is 0 Å². The summed E-state index contributed by atoms with van der Waals surface area (Å²) in [4.78, 5) is 27.5. The molecule has 7 heteroatoms. The minimum Gasteiger partial charge on any atom is -0.356 e. The van der Waals surface area contributed by atoms with Crippen molar-refractivity contribution in [3.05, 3.63) is 0 Å². The molecule has 0 N–H and O–H groups in total. The predicted octanol–water partition coefficient (Wildman–Crippen LogP) is 1.00. The summed E-state index contributed by atoms with van der Waals surface area (Å²) in [6, 6.07) is 1.04. The highest BCUT2D eigenvalue weighted by atomic mass is 28.3. The average molecular weight is 275 g/mol. The van der Waals surface area contributed by atoms with Gasteiger partial charge in [-0.15, -0.1) is 0 Å². The Morgan fingerprint density at radius 1 is 1.33 bits per heavy atom. The van der Waals surface area contributed by atoms with E-state index < -0.39 is 20.1 Å². The maximum atomic E-state index is 11.6. The largest absolute Gasteiger partial charge is 0.356 e. The summed E-state index contributed by atoms with van der Waals surface area (Å²) < 4.78 is 10.5. The molecular formula is C11H21NO5Si. The summed E-state index contributed by atoms with van der Waals surface area (Å²) in [5.41, 5.74) is 0. The summed E-state index contributed by atoms with van der Waals surface area (Å²) >= 11 is 0. The van der Waals surface area contributed by atoms with Crippen LogP contribution in [-0.2, 0) is 23.9 Å². The second-order valence-electron chi connectivity index (χ2n) is 5.41. The molecule has 1 rings (SSSR count). The van der Waals surface area contributed by atoms with Gasteiger partial charge >= 0.3 is 0 Å². The van der Waals surface area contributed by atoms with E-state index >= 15 is 0 Å². The van der Waals surface area contributed by atoms with E-state index in [0.29, 0.717) is 6.61 Å². The summed E-state index contributed by atoms with van der Waals surface area (Å²) in [6.45, 7) is 7.43. The molecule has 1 fully saturated rings. The van der Waals surface area contributed by atoms with Crippen LogP contribution in [0.2, 0.25) is 25.7 Å². The third kappa shape index (κ3) is 4.49. The average Bonchev–Trinajstić information content (AvgIpc) is 2.52. The van der Waals surface area contributed by atoms with E-state index in [1.165, 1.54) is 7.11 Å². The zero-order valence-electron chi connectivity index (χ0n) is 11.4. The highest BCUT2D eigenvalue weighted by Crippen LogP contribution is 2.16. The van der Waals surface area contributed by atoms with Gasteiger partial charge in [0.05, 0.1) is 13.5 Å². The van der Waals surface area contributed by atoms with Gasteiger partial charge in [0.25, 0.3) is 11.8 Å². The lowest BCUT2D eigenvalue weighted by Gasteiger charge is -2.16. The number of carbonyl (C=O) groups excluding carboxylic acids is 2. The van der Waals surface area contributed by atoms with Gasteiger partial charge in [0.1, 0.15) is 6.79 Å². The lowest BCUT2D eigenvalue weighted by atomic mass is 10.3. The van der Waals surface area contributed by atoms with Gasteiger partial charge in [-0.05, 0) is 6.04 Å². The van der Waals surface area contributed by atoms with Crippen LogP contribution >= 0.6 is 0 Å². The van der Waals surface area contributed by atoms with Crippen molar-refractivity contribution in [3.8, 4) is 0 Å². The van der Waals surface area contributed by atoms with Gasteiger partial charge in [0.15, 0.2) is 6.10 Å². The van der Waals surface area contributed by atoms with Crippen molar-refractivity contribution >= 4 is 19.9 Å². The topological polar surface area (TPSA) is 65.1 Å². The molecule has 1 saturated heterocycles. The van der Waals surface area contributed by atoms with E-state index in [4.69, 9.17) is 9.47 Å². The number of ether oxygens (including phenoxy) is 2. The highest BCUT2D eigenvalue weighted by molar-refractivity contribution is 6.76. The summed E-state index contributed by atoms with van der Waals surface area (Å²) in [5, 5.41) is 0.729. The van der Waals surface area contributed by atoms with E-state index in [2.05, 4.69) is 24.5 Å². The second-order valence-corrected chi connectivity index (χ2v) is 11.0. The lowest BCUT2D eigenvalue weighted by Crippen LogP contribution is -2.32. The Kier molecular flexibility index (Phi) is 5.45. The first kappa shape index (κ1) is 15.3. The summed E-state index contributed by atoms with van der Waals surface area (Å²) in [5.74, 6) is -0.842. The van der Waals surface area contributed by atoms with E-state index in [-0.39, 0.29) is 19.1 Å². The van der Waals surface area contributed by atoms with Crippen molar-refractivity contribution in [1.82, 2.24) is 5.06 Å². The third-order valence-electron chi connectivity index (χ3n) is 2.59. The van der Waals surface area contributed by atoms with Gasteiger partial charge in [-0.3, -0.25) is 14.4 Å². The molecule has 104 valence electrons. The van der Waals surface area contributed by atoms with E-state index in [0.717, 1.165) is 11.1 Å². The Hall–Kier alpha value is -0.763. The number of amides is 2. The number of hydroxylamine groups is 2. The Balaban J connectivity index is 2.21. The van der Waals surface area contributed by atoms with Crippen LogP contribution in [0.1, 0.15) is 6.42 Å². The first-order valence-electron chi connectivity index (χ1n) is 5.95. The summed E-state index contributed by atoms with van der Waals surface area (Å²) in [6.07, 6.45) is -0.756. The van der Waals surface area contributed by atoms with Crippen molar-refractivity contribution in [1.29, 1.82) is 0 Å². The minimum absolute atomic E-state index is 0.0179. The molecule has 6 nitrogen and oxygen atoms in total. The maximum absolute atomic E-state index is 11.6. The third-order valence-corrected chi connectivity index (χ3v) is 4.30. The molecule has 0 spiro atoms. The van der Waals surface area contributed by atoms with E-state index in [1.54, 1.807) is 0 Å². The monoisotopic (exact) mass is 275 g/mol. The molecule has 1 aliphatic rings. The molecule has 0 aliphatic carbocycles. The molecule has 1 atom stereocenters. The quantitative estimate of drug-likeness (QED) is 0.300. The van der Waals surface area contributed by atoms with Crippen LogP contribution in [0.5, 0.6) is 0 Å². The number of rotatable bonds is 7. The van der Waals surface area contributed by atoms with Crippen LogP contribution < -0.4 is 0 Å². The molecule has 0 aromatic carbocycles. The standard InChI is InChI=1S/C11H21NO5Si/c1-15-12-10(13)7-9(11(12)14)17-8-16-5-6-18(2,3)4/h9H,5-8H2,1-4H3. The second kappa shape index (κ2) is 6.42. The molecule has 0 aromatic heterocycles. The van der Waals surface area contributed by atoms with Gasteiger partial charge in [0, 0.05) is 14.7 Å². The lowest BCUT2D eigenvalue weighted by molar-refractivity contribution is -0.184. The number of hydrogen-bond acceptors (Lipinski definition) is 5. The Morgan fingerprint density at radius 3 is 2.50 bits per heavy atom. The first-order valence-corrected chi connectivity index (χ1v) is 9.66. The smallest absolute Gasteiger partial charge is 0.283 e. The zero-order valence-corrected chi connectivity index (χ0v) is 12.4. The molecule has 1 unspecified atom stereocenters. The van der Waals surface area contributed by atoms with Gasteiger partial charge in [-0.1, -0.05) is 19.6 Å². The molecule has 1 heterocycles. The highest BCUT2D eigenvalue weighted by Gasteiger charge is 2.40. The van der Waals surface area contributed by atoms with Gasteiger partial charge in [-0.2, -0.15) is 5.06 Å². The molecule has 1 aliphatic heterocycles. The van der Waals surface area contributed by atoms with E-state index in [1.807, 2.05) is 0 Å². The molecule has 0 bridgehead atoms. The number of hydrogen-bond donors (Lipinski definition) is 0. The Morgan fingerprint density at radius 2 is 2.00 bits per heavy atom. The molecule has 0 radical (unpaired) electrons. The zero-order chi connectivity index (χ0) is 13.8. The molecule has 0 saturated carbocycles. The minimum atomic E-state index is -1.11. The van der Waals surface area contributed by atoms with Crippen molar-refractivity contribution in [2.75, 3.05) is 20.5 Å². The molecular weight excluding hydrogens is 254 g/mol. The van der Waals surface area contributed by atoms with Crippen LogP contribution in [0.25, 0.3) is 0 Å². The van der Waals surface area contributed by atoms with Crippen molar-refractivity contribution in [2.24, 2.45) is 0 Å². The van der Waals surface area contributed by atoms with Crippen LogP contribution in [0.3, 0.4) is 0 Å². The normalized spacial score (nSPS) is 20.9. The Labute approximate surface area is 108 Å². The van der Waals surface area contributed by atoms with E-state index in [9.17, 15) is 9.59 Å². The van der Waals surface area contributed by atoms with Gasteiger partial charge in [-0.25, -0.2) is 0 Å². The molecule has 18 heavy (non-hydrogen) atoms. The van der Waals surface area contributed by atoms with Crippen LogP contribution in [-0.4, -0.2) is 51.6 Å². The van der Waals surface area contributed by atoms with Crippen LogP contribution in [0.4, 0.5) is 0 Å². The summed E-state index contributed by atoms with van der Waals surface area (Å²) in [7, 11) is 0.171. The van der Waals surface area contributed by atoms with Gasteiger partial charge < -0.3 is 9.47 Å².